The molecule has 0 spiro atoms. The molecule has 9 heteroatoms. The Morgan fingerprint density at radius 1 is 1.17 bits per heavy atom. The Morgan fingerprint density at radius 3 is 2.49 bits per heavy atom. The zero-order chi connectivity index (χ0) is 25.1. The van der Waals surface area contributed by atoms with Crippen molar-refractivity contribution in [3.8, 4) is 0 Å². The number of aliphatic hydroxyl groups is 1. The summed E-state index contributed by atoms with van der Waals surface area (Å²) in [6.45, 7) is 5.26. The third kappa shape index (κ3) is 6.02. The number of benzene rings is 2. The normalized spacial score (nSPS) is 22.6. The van der Waals surface area contributed by atoms with Crippen molar-refractivity contribution in [3.05, 3.63) is 71.0 Å². The number of sulfonamides is 1. The van der Waals surface area contributed by atoms with Gasteiger partial charge in [0.05, 0.1) is 6.04 Å². The van der Waals surface area contributed by atoms with Gasteiger partial charge < -0.3 is 20.5 Å². The summed E-state index contributed by atoms with van der Waals surface area (Å²) in [4.78, 5) is 0. The minimum absolute atomic E-state index is 0.163. The quantitative estimate of drug-likeness (QED) is 0.536. The van der Waals surface area contributed by atoms with Crippen molar-refractivity contribution in [1.29, 1.82) is 0 Å². The van der Waals surface area contributed by atoms with Crippen LogP contribution in [-0.4, -0.2) is 50.1 Å². The molecule has 7 nitrogen and oxygen atoms in total. The van der Waals surface area contributed by atoms with Gasteiger partial charge in [-0.2, -0.15) is 0 Å². The minimum atomic E-state index is -3.93. The fourth-order valence-electron chi connectivity index (χ4n) is 4.91. The summed E-state index contributed by atoms with van der Waals surface area (Å²) in [5.41, 5.74) is 1.42. The lowest BCUT2D eigenvalue weighted by Crippen LogP contribution is -2.53. The van der Waals surface area contributed by atoms with Crippen molar-refractivity contribution in [2.75, 3.05) is 19.7 Å². The van der Waals surface area contributed by atoms with E-state index >= 15 is 0 Å². The van der Waals surface area contributed by atoms with Crippen LogP contribution in [0.2, 0.25) is 0 Å². The third-order valence-electron chi connectivity index (χ3n) is 6.91. The van der Waals surface area contributed by atoms with Gasteiger partial charge in [0, 0.05) is 12.2 Å². The molecule has 0 amide bonds. The third-order valence-corrected chi connectivity index (χ3v) is 8.79. The number of rotatable bonds is 7. The van der Waals surface area contributed by atoms with Crippen molar-refractivity contribution < 1.29 is 22.7 Å². The zero-order valence-electron chi connectivity index (χ0n) is 20.2. The highest BCUT2D eigenvalue weighted by Gasteiger charge is 2.46. The van der Waals surface area contributed by atoms with Crippen LogP contribution in [0.1, 0.15) is 61.8 Å². The van der Waals surface area contributed by atoms with Gasteiger partial charge in [-0.15, -0.1) is 4.40 Å². The van der Waals surface area contributed by atoms with Crippen LogP contribution in [0, 0.1) is 5.82 Å². The average molecular weight is 504 g/mol. The maximum absolute atomic E-state index is 14.3. The van der Waals surface area contributed by atoms with Crippen LogP contribution in [0.3, 0.4) is 0 Å². The van der Waals surface area contributed by atoms with Crippen molar-refractivity contribution >= 4 is 16.0 Å². The smallest absolute Gasteiger partial charge is 0.301 e. The summed E-state index contributed by atoms with van der Waals surface area (Å²) in [5, 5.41) is 14.9. The molecular formula is C26H34FN3O4S. The summed E-state index contributed by atoms with van der Waals surface area (Å²) in [5.74, 6) is 0.0748. The average Bonchev–Trinajstić information content (AvgIpc) is 2.82. The van der Waals surface area contributed by atoms with Crippen molar-refractivity contribution in [2.45, 2.75) is 62.3 Å². The summed E-state index contributed by atoms with van der Waals surface area (Å²) in [6.07, 6.45) is 2.64. The Kier molecular flexibility index (Phi) is 7.78. The van der Waals surface area contributed by atoms with Crippen LogP contribution in [0.15, 0.2) is 52.9 Å². The molecular weight excluding hydrogens is 469 g/mol. The van der Waals surface area contributed by atoms with Crippen LogP contribution >= 0.6 is 0 Å². The molecule has 2 atom stereocenters. The number of nitrogens with zero attached hydrogens (tertiary/aromatic N) is 1. The van der Waals surface area contributed by atoms with Gasteiger partial charge in [-0.3, -0.25) is 0 Å². The summed E-state index contributed by atoms with van der Waals surface area (Å²) >= 11 is 0. The molecule has 2 heterocycles. The van der Waals surface area contributed by atoms with Crippen LogP contribution in [0.25, 0.3) is 0 Å². The molecule has 3 N–H and O–H groups in total. The first kappa shape index (κ1) is 25.6. The van der Waals surface area contributed by atoms with Crippen molar-refractivity contribution in [1.82, 2.24) is 10.6 Å². The molecule has 0 aromatic heterocycles. The fourth-order valence-corrected chi connectivity index (χ4v) is 6.53. The van der Waals surface area contributed by atoms with E-state index in [0.717, 1.165) is 31.5 Å². The first-order valence-corrected chi connectivity index (χ1v) is 13.6. The van der Waals surface area contributed by atoms with Gasteiger partial charge >= 0.3 is 6.02 Å². The van der Waals surface area contributed by atoms with Crippen LogP contribution in [0.4, 0.5) is 4.39 Å². The lowest BCUT2D eigenvalue weighted by Gasteiger charge is -2.38. The van der Waals surface area contributed by atoms with Crippen LogP contribution in [0.5, 0.6) is 0 Å². The van der Waals surface area contributed by atoms with E-state index < -0.39 is 32.7 Å². The highest BCUT2D eigenvalue weighted by Crippen LogP contribution is 2.32. The Balaban J connectivity index is 1.52. The van der Waals surface area contributed by atoms with Gasteiger partial charge in [-0.25, -0.2) is 12.8 Å². The predicted octanol–water partition coefficient (Wildman–Crippen LogP) is 3.41. The van der Waals surface area contributed by atoms with Crippen LogP contribution in [-0.2, 0) is 21.2 Å². The number of amidine groups is 1. The zero-order valence-corrected chi connectivity index (χ0v) is 21.0. The second kappa shape index (κ2) is 10.6. The van der Waals surface area contributed by atoms with E-state index in [0.29, 0.717) is 11.5 Å². The molecule has 4 rings (SSSR count). The molecule has 190 valence electrons. The Morgan fingerprint density at radius 2 is 1.86 bits per heavy atom. The van der Waals surface area contributed by atoms with Crippen LogP contribution < -0.4 is 10.6 Å². The molecule has 1 saturated heterocycles. The SMILES string of the molecule is CC1(C)OC(N[C@@H](CCO)c2ccccc2F)=NS(=O)(=O)[C@@H]1Cc1ccc(C2CCNCC2)cc1. The molecule has 2 aliphatic rings. The number of hydrogen-bond donors (Lipinski definition) is 3. The first-order chi connectivity index (χ1) is 16.7. The summed E-state index contributed by atoms with van der Waals surface area (Å²) < 4.78 is 50.7. The molecule has 0 radical (unpaired) electrons. The molecule has 1 fully saturated rings. The Bertz CT molecular complexity index is 1150. The van der Waals surface area contributed by atoms with Gasteiger partial charge in [-0.05, 0) is 75.7 Å². The largest absolute Gasteiger partial charge is 0.457 e. The van der Waals surface area contributed by atoms with Gasteiger partial charge in [0.25, 0.3) is 10.0 Å². The van der Waals surface area contributed by atoms with Gasteiger partial charge in [-0.1, -0.05) is 42.5 Å². The van der Waals surface area contributed by atoms with Gasteiger partial charge in [0.1, 0.15) is 16.7 Å². The van der Waals surface area contributed by atoms with E-state index in [2.05, 4.69) is 27.2 Å². The molecule has 2 aromatic rings. The fraction of sp³-hybridized carbons (Fsp3) is 0.500. The molecule has 2 aromatic carbocycles. The van der Waals surface area contributed by atoms with E-state index in [1.165, 1.54) is 11.6 Å². The highest BCUT2D eigenvalue weighted by atomic mass is 32.2. The monoisotopic (exact) mass is 503 g/mol. The topological polar surface area (TPSA) is 100 Å². The highest BCUT2D eigenvalue weighted by molar-refractivity contribution is 7.91. The maximum Gasteiger partial charge on any atom is 0.301 e. The molecule has 0 unspecified atom stereocenters. The summed E-state index contributed by atoms with van der Waals surface area (Å²) in [7, 11) is -3.93. The standard InChI is InChI=1S/C26H34FN3O4S/c1-26(2)24(17-18-7-9-19(10-8-18)20-11-14-28-15-12-20)35(32,33)30-25(34-26)29-23(13-16-31)21-5-3-4-6-22(21)27/h3-10,20,23-24,28,31H,11-17H2,1-2H3,(H,29,30)/t23-,24+/m0/s1. The minimum Gasteiger partial charge on any atom is -0.457 e. The Labute approximate surface area is 206 Å². The number of nitrogens with one attached hydrogen (secondary N) is 2. The lowest BCUT2D eigenvalue weighted by atomic mass is 9.89. The van der Waals surface area contributed by atoms with E-state index in [1.807, 2.05) is 12.1 Å². The number of ether oxygens (including phenoxy) is 1. The maximum atomic E-state index is 14.3. The van der Waals surface area contributed by atoms with E-state index in [1.54, 1.807) is 32.0 Å². The molecule has 2 aliphatic heterocycles. The molecule has 0 bridgehead atoms. The number of hydrogen-bond acceptors (Lipinski definition) is 6. The second-order valence-electron chi connectivity index (χ2n) is 9.81. The van der Waals surface area contributed by atoms with Crippen molar-refractivity contribution in [2.24, 2.45) is 4.40 Å². The molecule has 0 aliphatic carbocycles. The van der Waals surface area contributed by atoms with Crippen molar-refractivity contribution in [3.63, 3.8) is 0 Å². The number of aliphatic hydroxyl groups excluding tert-OH is 1. The number of halogens is 1. The van der Waals surface area contributed by atoms with E-state index in [-0.39, 0.29) is 25.5 Å². The lowest BCUT2D eigenvalue weighted by molar-refractivity contribution is 0.0760. The van der Waals surface area contributed by atoms with Gasteiger partial charge in [0.2, 0.25) is 0 Å². The number of piperidine rings is 1. The summed E-state index contributed by atoms with van der Waals surface area (Å²) in [6, 6.07) is 13.5. The first-order valence-electron chi connectivity index (χ1n) is 12.1. The predicted molar refractivity (Wildman–Crippen MR) is 134 cm³/mol. The van der Waals surface area contributed by atoms with E-state index in [4.69, 9.17) is 4.74 Å². The van der Waals surface area contributed by atoms with E-state index in [9.17, 15) is 17.9 Å². The van der Waals surface area contributed by atoms with Gasteiger partial charge in [0.15, 0.2) is 0 Å². The molecule has 0 saturated carbocycles. The molecule has 35 heavy (non-hydrogen) atoms. The second-order valence-corrected chi connectivity index (χ2v) is 11.6. The Hall–Kier alpha value is -2.49.